The summed E-state index contributed by atoms with van der Waals surface area (Å²) in [6.45, 7) is 7.48. The second-order valence-corrected chi connectivity index (χ2v) is 7.60. The number of hydrogen-bond acceptors (Lipinski definition) is 4. The number of likely N-dealkylation sites (tertiary alicyclic amines) is 1. The van der Waals surface area contributed by atoms with E-state index in [1.54, 1.807) is 0 Å². The zero-order chi connectivity index (χ0) is 17.2. The number of benzene rings is 1. The molecule has 1 N–H and O–H groups in total. The summed E-state index contributed by atoms with van der Waals surface area (Å²) in [5, 5.41) is 3.32. The first-order valence-electron chi connectivity index (χ1n) is 9.69. The smallest absolute Gasteiger partial charge is 0.242 e. The van der Waals surface area contributed by atoms with E-state index in [-0.39, 0.29) is 18.1 Å². The van der Waals surface area contributed by atoms with Gasteiger partial charge in [-0.2, -0.15) is 0 Å². The Morgan fingerprint density at radius 3 is 2.84 bits per heavy atom. The van der Waals surface area contributed by atoms with Gasteiger partial charge >= 0.3 is 0 Å². The standard InChI is InChI=1S/C20H29N3O2/c1-15-19(21-9-13-25-15)20(24)22-10-6-16(7-11-22)14-23-12-8-17-4-2-3-5-18(17)23/h2-5,15-16,19,21H,6-14H2,1H3/t15-,19+/m1/s1. The van der Waals surface area contributed by atoms with Gasteiger partial charge in [0.2, 0.25) is 5.91 Å². The molecule has 136 valence electrons. The van der Waals surface area contributed by atoms with Crippen LogP contribution in [0.4, 0.5) is 5.69 Å². The summed E-state index contributed by atoms with van der Waals surface area (Å²) in [4.78, 5) is 17.3. The van der Waals surface area contributed by atoms with E-state index in [4.69, 9.17) is 4.74 Å². The third-order valence-corrected chi connectivity index (χ3v) is 5.97. The number of fused-ring (bicyclic) bond motifs is 1. The van der Waals surface area contributed by atoms with Crippen LogP contribution in [0.15, 0.2) is 24.3 Å². The molecule has 2 atom stereocenters. The Morgan fingerprint density at radius 1 is 1.24 bits per heavy atom. The highest BCUT2D eigenvalue weighted by atomic mass is 16.5. The monoisotopic (exact) mass is 343 g/mol. The largest absolute Gasteiger partial charge is 0.375 e. The Hall–Kier alpha value is -1.59. The molecule has 3 aliphatic heterocycles. The molecule has 0 spiro atoms. The van der Waals surface area contributed by atoms with Crippen molar-refractivity contribution in [2.45, 2.75) is 38.3 Å². The fourth-order valence-corrected chi connectivity index (χ4v) is 4.45. The maximum absolute atomic E-state index is 12.8. The molecule has 3 aliphatic rings. The van der Waals surface area contributed by atoms with Crippen molar-refractivity contribution < 1.29 is 9.53 Å². The molecule has 3 heterocycles. The maximum Gasteiger partial charge on any atom is 0.242 e. The van der Waals surface area contributed by atoms with Gasteiger partial charge < -0.3 is 19.9 Å². The van der Waals surface area contributed by atoms with Crippen LogP contribution >= 0.6 is 0 Å². The second-order valence-electron chi connectivity index (χ2n) is 7.60. The summed E-state index contributed by atoms with van der Waals surface area (Å²) in [7, 11) is 0. The number of para-hydroxylation sites is 1. The lowest BCUT2D eigenvalue weighted by Crippen LogP contribution is -2.57. The zero-order valence-electron chi connectivity index (χ0n) is 15.1. The van der Waals surface area contributed by atoms with Gasteiger partial charge in [-0.1, -0.05) is 18.2 Å². The van der Waals surface area contributed by atoms with Crippen LogP contribution in [-0.2, 0) is 16.0 Å². The lowest BCUT2D eigenvalue weighted by atomic mass is 9.95. The van der Waals surface area contributed by atoms with Gasteiger partial charge in [0.25, 0.3) is 0 Å². The van der Waals surface area contributed by atoms with Crippen LogP contribution in [0.2, 0.25) is 0 Å². The summed E-state index contributed by atoms with van der Waals surface area (Å²) in [5.74, 6) is 0.903. The van der Waals surface area contributed by atoms with E-state index < -0.39 is 0 Å². The van der Waals surface area contributed by atoms with E-state index in [2.05, 4.69) is 34.5 Å². The predicted octanol–water partition coefficient (Wildman–Crippen LogP) is 1.66. The topological polar surface area (TPSA) is 44.8 Å². The number of nitrogens with zero attached hydrogens (tertiary/aromatic N) is 2. The number of rotatable bonds is 3. The first kappa shape index (κ1) is 16.9. The SMILES string of the molecule is C[C@H]1OCCN[C@@H]1C(=O)N1CCC(CN2CCc3ccccc32)CC1. The van der Waals surface area contributed by atoms with Crippen molar-refractivity contribution in [3.8, 4) is 0 Å². The molecular weight excluding hydrogens is 314 g/mol. The average Bonchev–Trinajstić information content (AvgIpc) is 3.05. The van der Waals surface area contributed by atoms with Crippen LogP contribution in [0.3, 0.4) is 0 Å². The second kappa shape index (κ2) is 7.34. The highest BCUT2D eigenvalue weighted by Crippen LogP contribution is 2.30. The molecule has 0 unspecified atom stereocenters. The Morgan fingerprint density at radius 2 is 2.04 bits per heavy atom. The Labute approximate surface area is 150 Å². The lowest BCUT2D eigenvalue weighted by Gasteiger charge is -2.38. The summed E-state index contributed by atoms with van der Waals surface area (Å²) in [6.07, 6.45) is 3.34. The lowest BCUT2D eigenvalue weighted by molar-refractivity contribution is -0.140. The van der Waals surface area contributed by atoms with E-state index in [9.17, 15) is 4.79 Å². The van der Waals surface area contributed by atoms with E-state index in [0.717, 1.165) is 45.6 Å². The molecule has 5 nitrogen and oxygen atoms in total. The van der Waals surface area contributed by atoms with Gasteiger partial charge in [-0.25, -0.2) is 0 Å². The highest BCUT2D eigenvalue weighted by molar-refractivity contribution is 5.82. The highest BCUT2D eigenvalue weighted by Gasteiger charge is 2.34. The van der Waals surface area contributed by atoms with Crippen molar-refractivity contribution in [1.82, 2.24) is 10.2 Å². The van der Waals surface area contributed by atoms with Gasteiger partial charge in [-0.15, -0.1) is 0 Å². The normalized spacial score (nSPS) is 27.4. The van der Waals surface area contributed by atoms with Gasteiger partial charge in [0.05, 0.1) is 12.7 Å². The number of morpholine rings is 1. The molecule has 1 aromatic rings. The third kappa shape index (κ3) is 3.53. The Kier molecular flexibility index (Phi) is 4.95. The number of nitrogens with one attached hydrogen (secondary N) is 1. The van der Waals surface area contributed by atoms with Crippen molar-refractivity contribution >= 4 is 11.6 Å². The minimum Gasteiger partial charge on any atom is -0.375 e. The fourth-order valence-electron chi connectivity index (χ4n) is 4.45. The van der Waals surface area contributed by atoms with Crippen molar-refractivity contribution in [2.24, 2.45) is 5.92 Å². The molecule has 1 amide bonds. The van der Waals surface area contributed by atoms with E-state index in [1.165, 1.54) is 17.7 Å². The van der Waals surface area contributed by atoms with Crippen LogP contribution in [0.5, 0.6) is 0 Å². The third-order valence-electron chi connectivity index (χ3n) is 5.97. The van der Waals surface area contributed by atoms with Gasteiger partial charge in [0.15, 0.2) is 0 Å². The number of carbonyl (C=O) groups is 1. The summed E-state index contributed by atoms with van der Waals surface area (Å²) in [5.41, 5.74) is 2.89. The predicted molar refractivity (Wildman–Crippen MR) is 98.9 cm³/mol. The quantitative estimate of drug-likeness (QED) is 0.907. The summed E-state index contributed by atoms with van der Waals surface area (Å²) >= 11 is 0. The number of amides is 1. The van der Waals surface area contributed by atoms with E-state index in [0.29, 0.717) is 12.5 Å². The minimum atomic E-state index is -0.171. The molecule has 0 aromatic heterocycles. The first-order chi connectivity index (χ1) is 12.2. The van der Waals surface area contributed by atoms with Crippen LogP contribution in [0, 0.1) is 5.92 Å². The summed E-state index contributed by atoms with van der Waals surface area (Å²) < 4.78 is 5.63. The molecule has 4 rings (SSSR count). The van der Waals surface area contributed by atoms with Crippen LogP contribution in [0.1, 0.15) is 25.3 Å². The van der Waals surface area contributed by atoms with Crippen LogP contribution < -0.4 is 10.2 Å². The first-order valence-corrected chi connectivity index (χ1v) is 9.69. The Bertz CT molecular complexity index is 613. The number of carbonyl (C=O) groups excluding carboxylic acids is 1. The molecule has 0 aliphatic carbocycles. The van der Waals surface area contributed by atoms with Crippen molar-refractivity contribution in [1.29, 1.82) is 0 Å². The Balaban J connectivity index is 1.29. The van der Waals surface area contributed by atoms with Gasteiger partial charge in [-0.05, 0) is 43.7 Å². The molecule has 2 saturated heterocycles. The minimum absolute atomic E-state index is 0.0277. The molecule has 0 bridgehead atoms. The molecule has 25 heavy (non-hydrogen) atoms. The molecule has 0 saturated carbocycles. The zero-order valence-corrected chi connectivity index (χ0v) is 15.1. The van der Waals surface area contributed by atoms with Gasteiger partial charge in [0, 0.05) is 38.4 Å². The van der Waals surface area contributed by atoms with Gasteiger partial charge in [0.1, 0.15) is 6.04 Å². The maximum atomic E-state index is 12.8. The van der Waals surface area contributed by atoms with Crippen LogP contribution in [-0.4, -0.2) is 62.3 Å². The summed E-state index contributed by atoms with van der Waals surface area (Å²) in [6, 6.07) is 8.60. The van der Waals surface area contributed by atoms with Crippen LogP contribution in [0.25, 0.3) is 0 Å². The van der Waals surface area contributed by atoms with Crippen molar-refractivity contribution in [3.05, 3.63) is 29.8 Å². The number of hydrogen-bond donors (Lipinski definition) is 1. The van der Waals surface area contributed by atoms with E-state index in [1.807, 2.05) is 11.8 Å². The molecular formula is C20H29N3O2. The fraction of sp³-hybridized carbons (Fsp3) is 0.650. The molecule has 0 radical (unpaired) electrons. The van der Waals surface area contributed by atoms with Crippen molar-refractivity contribution in [3.63, 3.8) is 0 Å². The molecule has 5 heteroatoms. The average molecular weight is 343 g/mol. The number of piperidine rings is 1. The molecule has 1 aromatic carbocycles. The van der Waals surface area contributed by atoms with E-state index >= 15 is 0 Å². The number of ether oxygens (including phenoxy) is 1. The van der Waals surface area contributed by atoms with Gasteiger partial charge in [-0.3, -0.25) is 4.79 Å². The van der Waals surface area contributed by atoms with Crippen molar-refractivity contribution in [2.75, 3.05) is 44.2 Å². The number of anilines is 1. The molecule has 2 fully saturated rings.